The van der Waals surface area contributed by atoms with Crippen molar-refractivity contribution in [3.8, 4) is 0 Å². The minimum absolute atomic E-state index is 0.0934. The van der Waals surface area contributed by atoms with Gasteiger partial charge in [-0.2, -0.15) is 0 Å². The monoisotopic (exact) mass is 262 g/mol. The molecule has 98 valence electrons. The molecule has 3 nitrogen and oxygen atoms in total. The molecule has 0 bridgehead atoms. The van der Waals surface area contributed by atoms with Crippen molar-refractivity contribution in [1.82, 2.24) is 4.57 Å². The summed E-state index contributed by atoms with van der Waals surface area (Å²) >= 11 is 0. The average molecular weight is 262 g/mol. The summed E-state index contributed by atoms with van der Waals surface area (Å²) < 4.78 is 2.08. The highest BCUT2D eigenvalue weighted by Crippen LogP contribution is 2.30. The number of amides is 1. The molecule has 0 spiro atoms. The lowest BCUT2D eigenvalue weighted by Crippen LogP contribution is -2.22. The van der Waals surface area contributed by atoms with Crippen LogP contribution in [-0.4, -0.2) is 10.5 Å². The predicted molar refractivity (Wildman–Crippen MR) is 79.9 cm³/mol. The van der Waals surface area contributed by atoms with Gasteiger partial charge in [-0.05, 0) is 35.9 Å². The van der Waals surface area contributed by atoms with Crippen LogP contribution in [0.2, 0.25) is 0 Å². The number of hydrogen-bond acceptors (Lipinski definition) is 1. The number of carbonyl (C=O) groups is 1. The van der Waals surface area contributed by atoms with Crippen molar-refractivity contribution in [3.05, 3.63) is 65.9 Å². The second-order valence-electron chi connectivity index (χ2n) is 5.22. The molecule has 1 amide bonds. The first-order valence-corrected chi connectivity index (χ1v) is 6.69. The van der Waals surface area contributed by atoms with E-state index < -0.39 is 0 Å². The van der Waals surface area contributed by atoms with Gasteiger partial charge in [0.25, 0.3) is 5.91 Å². The molecule has 2 aromatic carbocycles. The molecule has 0 N–H and O–H groups in total. The van der Waals surface area contributed by atoms with Gasteiger partial charge in [0.15, 0.2) is 0 Å². The minimum Gasteiger partial charge on any atom is -0.351 e. The molecule has 0 unspecified atom stereocenters. The van der Waals surface area contributed by atoms with E-state index in [1.165, 1.54) is 5.52 Å². The van der Waals surface area contributed by atoms with E-state index in [1.54, 1.807) is 0 Å². The van der Waals surface area contributed by atoms with Crippen LogP contribution in [-0.2, 0) is 13.6 Å². The molecular formula is C17H14N2O. The van der Waals surface area contributed by atoms with Crippen molar-refractivity contribution in [3.63, 3.8) is 0 Å². The van der Waals surface area contributed by atoms with Gasteiger partial charge in [0.1, 0.15) is 0 Å². The quantitative estimate of drug-likeness (QED) is 0.660. The Hall–Kier alpha value is -2.55. The molecule has 2 heterocycles. The summed E-state index contributed by atoms with van der Waals surface area (Å²) in [6, 6.07) is 16.1. The number of fused-ring (bicyclic) bond motifs is 2. The highest BCUT2D eigenvalue weighted by atomic mass is 16.2. The van der Waals surface area contributed by atoms with E-state index in [4.69, 9.17) is 0 Å². The molecule has 20 heavy (non-hydrogen) atoms. The fourth-order valence-electron chi connectivity index (χ4n) is 2.90. The van der Waals surface area contributed by atoms with E-state index in [2.05, 4.69) is 22.8 Å². The van der Waals surface area contributed by atoms with Crippen LogP contribution in [0.5, 0.6) is 0 Å². The van der Waals surface area contributed by atoms with Crippen molar-refractivity contribution < 1.29 is 4.79 Å². The normalized spacial score (nSPS) is 14.1. The molecule has 0 fully saturated rings. The molecule has 0 aliphatic carbocycles. The minimum atomic E-state index is 0.0934. The third kappa shape index (κ3) is 1.50. The van der Waals surface area contributed by atoms with E-state index in [-0.39, 0.29) is 5.91 Å². The van der Waals surface area contributed by atoms with Crippen LogP contribution in [0.15, 0.2) is 54.7 Å². The van der Waals surface area contributed by atoms with Gasteiger partial charge in [-0.1, -0.05) is 18.2 Å². The van der Waals surface area contributed by atoms with Crippen LogP contribution in [0.4, 0.5) is 5.69 Å². The van der Waals surface area contributed by atoms with Crippen molar-refractivity contribution in [2.75, 3.05) is 4.90 Å². The Morgan fingerprint density at radius 3 is 2.75 bits per heavy atom. The van der Waals surface area contributed by atoms with Crippen molar-refractivity contribution in [2.24, 2.45) is 7.05 Å². The van der Waals surface area contributed by atoms with Gasteiger partial charge in [0, 0.05) is 35.4 Å². The maximum atomic E-state index is 12.5. The Kier molecular flexibility index (Phi) is 2.24. The van der Waals surface area contributed by atoms with Crippen molar-refractivity contribution >= 4 is 22.5 Å². The number of carbonyl (C=O) groups excluding carboxylic acids is 1. The Balaban J connectivity index is 1.79. The molecule has 1 aliphatic rings. The van der Waals surface area contributed by atoms with Gasteiger partial charge >= 0.3 is 0 Å². The molecule has 0 radical (unpaired) electrons. The lowest BCUT2D eigenvalue weighted by atomic mass is 10.1. The summed E-state index contributed by atoms with van der Waals surface area (Å²) in [6.07, 6.45) is 2.04. The van der Waals surface area contributed by atoms with Crippen molar-refractivity contribution in [2.45, 2.75) is 6.54 Å². The lowest BCUT2D eigenvalue weighted by molar-refractivity contribution is 0.0996. The second-order valence-corrected chi connectivity index (χ2v) is 5.22. The van der Waals surface area contributed by atoms with Crippen LogP contribution in [0.1, 0.15) is 15.9 Å². The summed E-state index contributed by atoms with van der Waals surface area (Å²) in [5, 5.41) is 1.16. The zero-order chi connectivity index (χ0) is 13.7. The van der Waals surface area contributed by atoms with E-state index >= 15 is 0 Å². The predicted octanol–water partition coefficient (Wildman–Crippen LogP) is 3.34. The molecule has 0 saturated carbocycles. The van der Waals surface area contributed by atoms with Gasteiger partial charge < -0.3 is 9.47 Å². The van der Waals surface area contributed by atoms with Gasteiger partial charge in [-0.15, -0.1) is 0 Å². The standard InChI is InChI=1S/C17H14N2O/c1-18-9-8-12-10-14(6-7-16(12)18)19-11-13-4-2-3-5-15(13)17(19)20/h2-10H,11H2,1H3. The summed E-state index contributed by atoms with van der Waals surface area (Å²) in [7, 11) is 2.03. The van der Waals surface area contributed by atoms with Crippen molar-refractivity contribution in [1.29, 1.82) is 0 Å². The molecule has 1 aromatic heterocycles. The zero-order valence-corrected chi connectivity index (χ0v) is 11.2. The maximum absolute atomic E-state index is 12.5. The van der Waals surface area contributed by atoms with E-state index in [9.17, 15) is 4.79 Å². The van der Waals surface area contributed by atoms with E-state index in [0.29, 0.717) is 6.54 Å². The van der Waals surface area contributed by atoms with Gasteiger partial charge in [-0.25, -0.2) is 0 Å². The number of hydrogen-bond donors (Lipinski definition) is 0. The van der Waals surface area contributed by atoms with Gasteiger partial charge in [-0.3, -0.25) is 4.79 Å². The third-order valence-electron chi connectivity index (χ3n) is 4.00. The molecule has 3 heteroatoms. The molecule has 4 rings (SSSR count). The Bertz CT molecular complexity index is 832. The topological polar surface area (TPSA) is 25.2 Å². The number of aryl methyl sites for hydroxylation is 1. The highest BCUT2D eigenvalue weighted by Gasteiger charge is 2.27. The molecule has 0 saturated heterocycles. The smallest absolute Gasteiger partial charge is 0.258 e. The van der Waals surface area contributed by atoms with Crippen LogP contribution < -0.4 is 4.90 Å². The number of anilines is 1. The third-order valence-corrected chi connectivity index (χ3v) is 4.00. The fourth-order valence-corrected chi connectivity index (χ4v) is 2.90. The summed E-state index contributed by atoms with van der Waals surface area (Å²) in [5.74, 6) is 0.0934. The molecule has 1 aliphatic heterocycles. The number of rotatable bonds is 1. The second kappa shape index (κ2) is 3.97. The Morgan fingerprint density at radius 2 is 1.90 bits per heavy atom. The largest absolute Gasteiger partial charge is 0.351 e. The highest BCUT2D eigenvalue weighted by molar-refractivity contribution is 6.10. The first-order chi connectivity index (χ1) is 9.74. The Morgan fingerprint density at radius 1 is 1.05 bits per heavy atom. The van der Waals surface area contributed by atoms with Crippen LogP contribution >= 0.6 is 0 Å². The maximum Gasteiger partial charge on any atom is 0.258 e. The number of aromatic nitrogens is 1. The Labute approximate surface area is 117 Å². The van der Waals surface area contributed by atoms with Gasteiger partial charge in [0.2, 0.25) is 0 Å². The first-order valence-electron chi connectivity index (χ1n) is 6.69. The molecule has 0 atom stereocenters. The SMILES string of the molecule is Cn1ccc2cc(N3Cc4ccccc4C3=O)ccc21. The summed E-state index contributed by atoms with van der Waals surface area (Å²) in [6.45, 7) is 0.660. The molecule has 3 aromatic rings. The van der Waals surface area contributed by atoms with Crippen LogP contribution in [0.3, 0.4) is 0 Å². The van der Waals surface area contributed by atoms with E-state index in [1.807, 2.05) is 48.5 Å². The first kappa shape index (κ1) is 11.3. The average Bonchev–Trinajstić information content (AvgIpc) is 3.01. The fraction of sp³-hybridized carbons (Fsp3) is 0.118. The zero-order valence-electron chi connectivity index (χ0n) is 11.2. The van der Waals surface area contributed by atoms with Crippen LogP contribution in [0.25, 0.3) is 10.9 Å². The lowest BCUT2D eigenvalue weighted by Gasteiger charge is -2.16. The number of nitrogens with zero attached hydrogens (tertiary/aromatic N) is 2. The van der Waals surface area contributed by atoms with Crippen LogP contribution in [0, 0.1) is 0 Å². The number of benzene rings is 2. The summed E-state index contributed by atoms with van der Waals surface area (Å²) in [4.78, 5) is 14.3. The molecular weight excluding hydrogens is 248 g/mol. The van der Waals surface area contributed by atoms with Gasteiger partial charge in [0.05, 0.1) is 6.54 Å². The summed E-state index contributed by atoms with van der Waals surface area (Å²) in [5.41, 5.74) is 4.06. The van der Waals surface area contributed by atoms with E-state index in [0.717, 1.165) is 22.2 Å².